The summed E-state index contributed by atoms with van der Waals surface area (Å²) < 4.78 is 5.16. The van der Waals surface area contributed by atoms with Crippen LogP contribution in [0.1, 0.15) is 34.1 Å². The number of hydrogen-bond acceptors (Lipinski definition) is 6. The molecule has 4 atom stereocenters. The van der Waals surface area contributed by atoms with Crippen LogP contribution >= 0.6 is 0 Å². The number of rotatable bonds is 8. The Bertz CT molecular complexity index is 510. The number of likely N-dealkylation sites (N-methyl/N-ethyl adjacent to an activating group) is 1. The summed E-state index contributed by atoms with van der Waals surface area (Å²) in [6.07, 6.45) is -1.27. The van der Waals surface area contributed by atoms with Gasteiger partial charge >= 0.3 is 0 Å². The molecule has 9 nitrogen and oxygen atoms in total. The Balaban J connectivity index is 2.59. The van der Waals surface area contributed by atoms with Gasteiger partial charge < -0.3 is 20.7 Å². The van der Waals surface area contributed by atoms with Crippen LogP contribution in [0.5, 0.6) is 0 Å². The van der Waals surface area contributed by atoms with Gasteiger partial charge in [0, 0.05) is 6.61 Å². The largest absolute Gasteiger partial charge is 0.369 e. The maximum atomic E-state index is 12.2. The molecule has 136 valence electrons. The van der Waals surface area contributed by atoms with E-state index in [0.29, 0.717) is 6.61 Å². The van der Waals surface area contributed by atoms with Crippen LogP contribution in [0.25, 0.3) is 0 Å². The Hall–Kier alpha value is -2.00. The van der Waals surface area contributed by atoms with Crippen LogP contribution in [0.2, 0.25) is 0 Å². The standard InChI is InChI=1S/C15H26N4O5/c1-6-24-9(3)14(22)18-10(4)17-13(21)8(2)19-12(20)7-11(16-5)15(19)23/h8-11,16H,6-7H2,1-5H3,(H,17,21)(H,18,22). The minimum Gasteiger partial charge on any atom is -0.369 e. The molecule has 0 saturated carbocycles. The summed E-state index contributed by atoms with van der Waals surface area (Å²) in [5, 5.41) is 7.90. The van der Waals surface area contributed by atoms with Gasteiger partial charge in [0.05, 0.1) is 18.6 Å². The zero-order chi connectivity index (χ0) is 18.4. The van der Waals surface area contributed by atoms with E-state index in [4.69, 9.17) is 4.74 Å². The highest BCUT2D eigenvalue weighted by atomic mass is 16.5. The zero-order valence-corrected chi connectivity index (χ0v) is 14.7. The second-order valence-electron chi connectivity index (χ2n) is 5.66. The first-order valence-corrected chi connectivity index (χ1v) is 7.98. The summed E-state index contributed by atoms with van der Waals surface area (Å²) in [6, 6.07) is -1.55. The lowest BCUT2D eigenvalue weighted by Gasteiger charge is -2.25. The quantitative estimate of drug-likeness (QED) is 0.374. The number of likely N-dealkylation sites (tertiary alicyclic amines) is 1. The van der Waals surface area contributed by atoms with Gasteiger partial charge in [0.1, 0.15) is 12.1 Å². The lowest BCUT2D eigenvalue weighted by atomic mass is 10.2. The summed E-state index contributed by atoms with van der Waals surface area (Å²) in [5.74, 6) is -1.71. The number of nitrogens with zero attached hydrogens (tertiary/aromatic N) is 1. The van der Waals surface area contributed by atoms with Crippen molar-refractivity contribution in [3.8, 4) is 0 Å². The molecule has 0 aromatic rings. The van der Waals surface area contributed by atoms with Gasteiger partial charge in [0.15, 0.2) is 0 Å². The number of carbonyl (C=O) groups excluding carboxylic acids is 4. The van der Waals surface area contributed by atoms with Gasteiger partial charge in [-0.1, -0.05) is 0 Å². The average molecular weight is 342 g/mol. The van der Waals surface area contributed by atoms with Crippen LogP contribution in [0.3, 0.4) is 0 Å². The van der Waals surface area contributed by atoms with E-state index in [1.165, 1.54) is 6.92 Å². The van der Waals surface area contributed by atoms with Crippen molar-refractivity contribution in [2.24, 2.45) is 0 Å². The maximum absolute atomic E-state index is 12.2. The molecule has 4 amide bonds. The molecule has 0 aromatic carbocycles. The van der Waals surface area contributed by atoms with E-state index in [-0.39, 0.29) is 12.3 Å². The van der Waals surface area contributed by atoms with Crippen LogP contribution in [0.15, 0.2) is 0 Å². The van der Waals surface area contributed by atoms with E-state index >= 15 is 0 Å². The third-order valence-electron chi connectivity index (χ3n) is 3.80. The molecule has 1 aliphatic rings. The Morgan fingerprint density at radius 1 is 1.21 bits per heavy atom. The summed E-state index contributed by atoms with van der Waals surface area (Å²) >= 11 is 0. The highest BCUT2D eigenvalue weighted by molar-refractivity contribution is 6.08. The first-order valence-electron chi connectivity index (χ1n) is 7.98. The van der Waals surface area contributed by atoms with Crippen LogP contribution < -0.4 is 16.0 Å². The van der Waals surface area contributed by atoms with Crippen LogP contribution in [0, 0.1) is 0 Å². The van der Waals surface area contributed by atoms with Gasteiger partial charge in [-0.3, -0.25) is 24.1 Å². The predicted molar refractivity (Wildman–Crippen MR) is 85.6 cm³/mol. The molecule has 4 unspecified atom stereocenters. The topological polar surface area (TPSA) is 117 Å². The van der Waals surface area contributed by atoms with E-state index in [9.17, 15) is 19.2 Å². The molecule has 3 N–H and O–H groups in total. The third kappa shape index (κ3) is 4.75. The monoisotopic (exact) mass is 342 g/mol. The first-order chi connectivity index (χ1) is 11.2. The van der Waals surface area contributed by atoms with Crippen molar-refractivity contribution in [2.45, 2.75) is 58.5 Å². The van der Waals surface area contributed by atoms with Crippen LogP contribution in [-0.2, 0) is 23.9 Å². The lowest BCUT2D eigenvalue weighted by molar-refractivity contribution is -0.147. The number of nitrogens with one attached hydrogen (secondary N) is 3. The molecule has 1 aliphatic heterocycles. The zero-order valence-electron chi connectivity index (χ0n) is 14.7. The maximum Gasteiger partial charge on any atom is 0.250 e. The fourth-order valence-electron chi connectivity index (χ4n) is 2.43. The molecule has 1 heterocycles. The van der Waals surface area contributed by atoms with E-state index in [2.05, 4.69) is 16.0 Å². The van der Waals surface area contributed by atoms with Crippen molar-refractivity contribution in [3.05, 3.63) is 0 Å². The van der Waals surface area contributed by atoms with E-state index in [1.807, 2.05) is 0 Å². The van der Waals surface area contributed by atoms with Crippen molar-refractivity contribution >= 4 is 23.6 Å². The average Bonchev–Trinajstić information content (AvgIpc) is 2.80. The third-order valence-corrected chi connectivity index (χ3v) is 3.80. The number of ether oxygens (including phenoxy) is 1. The van der Waals surface area contributed by atoms with E-state index in [0.717, 1.165) is 4.90 Å². The number of carbonyl (C=O) groups is 4. The molecule has 0 bridgehead atoms. The number of imide groups is 1. The predicted octanol–water partition coefficient (Wildman–Crippen LogP) is -1.27. The molecule has 1 saturated heterocycles. The van der Waals surface area contributed by atoms with Gasteiger partial charge in [-0.05, 0) is 34.7 Å². The molecule has 0 spiro atoms. The smallest absolute Gasteiger partial charge is 0.250 e. The highest BCUT2D eigenvalue weighted by Crippen LogP contribution is 2.16. The van der Waals surface area contributed by atoms with Crippen molar-refractivity contribution < 1.29 is 23.9 Å². The second-order valence-corrected chi connectivity index (χ2v) is 5.66. The van der Waals surface area contributed by atoms with Crippen molar-refractivity contribution in [1.29, 1.82) is 0 Å². The van der Waals surface area contributed by atoms with Gasteiger partial charge in [-0.15, -0.1) is 0 Å². The molecule has 9 heteroatoms. The molecule has 24 heavy (non-hydrogen) atoms. The molecule has 0 radical (unpaired) electrons. The minimum atomic E-state index is -0.952. The van der Waals surface area contributed by atoms with Crippen LogP contribution in [-0.4, -0.2) is 66.5 Å². The first kappa shape index (κ1) is 20.0. The summed E-state index contributed by atoms with van der Waals surface area (Å²) in [6.45, 7) is 6.85. The number of amides is 4. The fraction of sp³-hybridized carbons (Fsp3) is 0.733. The second kappa shape index (κ2) is 8.74. The Morgan fingerprint density at radius 3 is 2.29 bits per heavy atom. The van der Waals surface area contributed by atoms with Crippen molar-refractivity contribution in [2.75, 3.05) is 13.7 Å². The molecular weight excluding hydrogens is 316 g/mol. The van der Waals surface area contributed by atoms with Crippen molar-refractivity contribution in [1.82, 2.24) is 20.9 Å². The van der Waals surface area contributed by atoms with Gasteiger partial charge in [-0.2, -0.15) is 0 Å². The number of hydrogen-bond donors (Lipinski definition) is 3. The van der Waals surface area contributed by atoms with Gasteiger partial charge in [0.25, 0.3) is 0 Å². The molecule has 0 aromatic heterocycles. The lowest BCUT2D eigenvalue weighted by Crippen LogP contribution is -2.55. The minimum absolute atomic E-state index is 0.0329. The SMILES string of the molecule is CCOC(C)C(=O)NC(C)NC(=O)C(C)N1C(=O)CC(NC)C1=O. The van der Waals surface area contributed by atoms with Crippen LogP contribution in [0.4, 0.5) is 0 Å². The van der Waals surface area contributed by atoms with Gasteiger partial charge in [0.2, 0.25) is 23.6 Å². The molecule has 1 rings (SSSR count). The molecule has 0 aliphatic carbocycles. The summed E-state index contributed by atoms with van der Waals surface area (Å²) in [7, 11) is 1.58. The Morgan fingerprint density at radius 2 is 1.79 bits per heavy atom. The van der Waals surface area contributed by atoms with Gasteiger partial charge in [-0.25, -0.2) is 0 Å². The normalized spacial score (nSPS) is 21.4. The van der Waals surface area contributed by atoms with E-state index in [1.54, 1.807) is 27.8 Å². The molecular formula is C15H26N4O5. The van der Waals surface area contributed by atoms with Crippen molar-refractivity contribution in [3.63, 3.8) is 0 Å². The highest BCUT2D eigenvalue weighted by Gasteiger charge is 2.42. The Labute approximate surface area is 141 Å². The fourth-order valence-corrected chi connectivity index (χ4v) is 2.43. The summed E-state index contributed by atoms with van der Waals surface area (Å²) in [4.78, 5) is 49.0. The Kier molecular flexibility index (Phi) is 7.30. The molecule has 1 fully saturated rings. The summed E-state index contributed by atoms with van der Waals surface area (Å²) in [5.41, 5.74) is 0. The van der Waals surface area contributed by atoms with E-state index < -0.39 is 42.1 Å².